The summed E-state index contributed by atoms with van der Waals surface area (Å²) in [5.74, 6) is 0.720. The molecule has 1 aliphatic rings. The molecule has 1 aromatic heterocycles. The topological polar surface area (TPSA) is 33.1 Å². The molecule has 2 atom stereocenters. The van der Waals surface area contributed by atoms with Gasteiger partial charge in [0.15, 0.2) is 0 Å². The van der Waals surface area contributed by atoms with E-state index < -0.39 is 5.60 Å². The van der Waals surface area contributed by atoms with Gasteiger partial charge in [0.2, 0.25) is 0 Å². The van der Waals surface area contributed by atoms with Gasteiger partial charge in [0.05, 0.1) is 5.60 Å². The highest BCUT2D eigenvalue weighted by molar-refractivity contribution is 9.10. The molecule has 112 valence electrons. The Bertz CT molecular complexity index is 455. The Kier molecular flexibility index (Phi) is 4.91. The summed E-state index contributed by atoms with van der Waals surface area (Å²) < 4.78 is 0.986. The van der Waals surface area contributed by atoms with Crippen LogP contribution in [-0.4, -0.2) is 15.7 Å². The van der Waals surface area contributed by atoms with E-state index in [4.69, 9.17) is 0 Å². The van der Waals surface area contributed by atoms with Crippen LogP contribution in [0.5, 0.6) is 0 Å². The summed E-state index contributed by atoms with van der Waals surface area (Å²) in [6.45, 7) is 6.96. The molecule has 20 heavy (non-hydrogen) atoms. The van der Waals surface area contributed by atoms with Crippen LogP contribution in [0.1, 0.15) is 58.4 Å². The third kappa shape index (κ3) is 4.29. The summed E-state index contributed by atoms with van der Waals surface area (Å²) in [5, 5.41) is 10.9. The van der Waals surface area contributed by atoms with E-state index >= 15 is 0 Å². The molecule has 0 aliphatic heterocycles. The highest BCUT2D eigenvalue weighted by Gasteiger charge is 2.34. The fourth-order valence-electron chi connectivity index (χ4n) is 3.37. The fraction of sp³-hybridized carbons (Fsp3) is 0.706. The second-order valence-corrected chi connectivity index (χ2v) is 8.32. The number of aromatic nitrogens is 1. The number of hydrogen-bond donors (Lipinski definition) is 1. The van der Waals surface area contributed by atoms with Crippen molar-refractivity contribution in [3.63, 3.8) is 0 Å². The molecule has 0 bridgehead atoms. The first-order chi connectivity index (χ1) is 9.28. The van der Waals surface area contributed by atoms with Gasteiger partial charge in [-0.15, -0.1) is 0 Å². The van der Waals surface area contributed by atoms with Crippen molar-refractivity contribution in [2.24, 2.45) is 11.3 Å². The van der Waals surface area contributed by atoms with E-state index in [0.29, 0.717) is 5.41 Å². The summed E-state index contributed by atoms with van der Waals surface area (Å²) in [6.07, 6.45) is 9.68. The molecule has 0 amide bonds. The van der Waals surface area contributed by atoms with Gasteiger partial charge in [-0.05, 0) is 64.6 Å². The number of aliphatic hydroxyl groups is 1. The lowest BCUT2D eigenvalue weighted by Crippen LogP contribution is -2.31. The Morgan fingerprint density at radius 2 is 2.05 bits per heavy atom. The van der Waals surface area contributed by atoms with Gasteiger partial charge in [0, 0.05) is 23.3 Å². The molecule has 0 saturated heterocycles. The Balaban J connectivity index is 2.04. The fourth-order valence-corrected chi connectivity index (χ4v) is 3.78. The minimum absolute atomic E-state index is 0.350. The molecule has 1 aromatic rings. The first kappa shape index (κ1) is 16.0. The van der Waals surface area contributed by atoms with Crippen LogP contribution in [-0.2, 0) is 6.42 Å². The SMILES string of the molecule is CC(C)(C)C1CCCC(O)(Cc2cncc(Br)c2)CC1. The summed E-state index contributed by atoms with van der Waals surface area (Å²) in [4.78, 5) is 4.20. The predicted molar refractivity (Wildman–Crippen MR) is 86.6 cm³/mol. The summed E-state index contributed by atoms with van der Waals surface area (Å²) >= 11 is 3.45. The van der Waals surface area contributed by atoms with Crippen molar-refractivity contribution >= 4 is 15.9 Å². The maximum absolute atomic E-state index is 10.9. The Hall–Kier alpha value is -0.410. The first-order valence-electron chi connectivity index (χ1n) is 7.60. The van der Waals surface area contributed by atoms with Crippen LogP contribution in [0.4, 0.5) is 0 Å². The van der Waals surface area contributed by atoms with Crippen molar-refractivity contribution in [2.75, 3.05) is 0 Å². The number of hydrogen-bond acceptors (Lipinski definition) is 2. The van der Waals surface area contributed by atoms with E-state index in [-0.39, 0.29) is 0 Å². The molecule has 3 heteroatoms. The minimum Gasteiger partial charge on any atom is -0.390 e. The summed E-state index contributed by atoms with van der Waals surface area (Å²) in [5.41, 5.74) is 0.918. The van der Waals surface area contributed by atoms with Crippen LogP contribution in [0.3, 0.4) is 0 Å². The molecular weight excluding hydrogens is 314 g/mol. The number of pyridine rings is 1. The van der Waals surface area contributed by atoms with Crippen LogP contribution < -0.4 is 0 Å². The maximum atomic E-state index is 10.9. The monoisotopic (exact) mass is 339 g/mol. The quantitative estimate of drug-likeness (QED) is 0.789. The number of rotatable bonds is 2. The van der Waals surface area contributed by atoms with Gasteiger partial charge >= 0.3 is 0 Å². The lowest BCUT2D eigenvalue weighted by Gasteiger charge is -2.31. The second kappa shape index (κ2) is 6.15. The van der Waals surface area contributed by atoms with Gasteiger partial charge < -0.3 is 5.11 Å². The van der Waals surface area contributed by atoms with Gasteiger partial charge in [-0.1, -0.05) is 27.2 Å². The minimum atomic E-state index is -0.553. The van der Waals surface area contributed by atoms with Gasteiger partial charge in [0.1, 0.15) is 0 Å². The lowest BCUT2D eigenvalue weighted by atomic mass is 9.76. The van der Waals surface area contributed by atoms with Crippen LogP contribution in [0.25, 0.3) is 0 Å². The average molecular weight is 340 g/mol. The Morgan fingerprint density at radius 1 is 1.30 bits per heavy atom. The van der Waals surface area contributed by atoms with Crippen molar-refractivity contribution in [1.29, 1.82) is 0 Å². The molecule has 0 radical (unpaired) electrons. The maximum Gasteiger partial charge on any atom is 0.0688 e. The van der Waals surface area contributed by atoms with Crippen LogP contribution in [0, 0.1) is 11.3 Å². The largest absolute Gasteiger partial charge is 0.390 e. The summed E-state index contributed by atoms with van der Waals surface area (Å²) in [6, 6.07) is 2.07. The second-order valence-electron chi connectivity index (χ2n) is 7.41. The van der Waals surface area contributed by atoms with Gasteiger partial charge in [-0.3, -0.25) is 4.98 Å². The zero-order chi connectivity index (χ0) is 14.8. The molecule has 2 rings (SSSR count). The first-order valence-corrected chi connectivity index (χ1v) is 8.40. The normalized spacial score (nSPS) is 28.1. The zero-order valence-electron chi connectivity index (χ0n) is 12.8. The van der Waals surface area contributed by atoms with E-state index in [9.17, 15) is 5.11 Å². The predicted octanol–water partition coefficient (Wildman–Crippen LogP) is 4.74. The highest BCUT2D eigenvalue weighted by atomic mass is 79.9. The van der Waals surface area contributed by atoms with Crippen molar-refractivity contribution in [2.45, 2.75) is 64.9 Å². The molecule has 0 aromatic carbocycles. The molecule has 2 nitrogen and oxygen atoms in total. The third-order valence-electron chi connectivity index (χ3n) is 4.67. The highest BCUT2D eigenvalue weighted by Crippen LogP contribution is 2.40. The average Bonchev–Trinajstić information content (AvgIpc) is 2.50. The Labute approximate surface area is 131 Å². The molecule has 2 unspecified atom stereocenters. The van der Waals surface area contributed by atoms with E-state index in [0.717, 1.165) is 48.1 Å². The van der Waals surface area contributed by atoms with E-state index in [2.05, 4.69) is 47.8 Å². The smallest absolute Gasteiger partial charge is 0.0688 e. The molecule has 1 heterocycles. The van der Waals surface area contributed by atoms with E-state index in [1.165, 1.54) is 6.42 Å². The molecule has 1 saturated carbocycles. The van der Waals surface area contributed by atoms with Crippen LogP contribution >= 0.6 is 15.9 Å². The van der Waals surface area contributed by atoms with Crippen LogP contribution in [0.15, 0.2) is 22.9 Å². The van der Waals surface area contributed by atoms with E-state index in [1.54, 1.807) is 6.20 Å². The van der Waals surface area contributed by atoms with Crippen molar-refractivity contribution in [3.8, 4) is 0 Å². The standard InChI is InChI=1S/C17H26BrNO/c1-16(2,3)14-5-4-7-17(20,8-6-14)10-13-9-15(18)12-19-11-13/h9,11-12,14,20H,4-8,10H2,1-3H3. The molecule has 0 spiro atoms. The lowest BCUT2D eigenvalue weighted by molar-refractivity contribution is 0.0224. The summed E-state index contributed by atoms with van der Waals surface area (Å²) in [7, 11) is 0. The van der Waals surface area contributed by atoms with Crippen molar-refractivity contribution in [3.05, 3.63) is 28.5 Å². The van der Waals surface area contributed by atoms with Crippen LogP contribution in [0.2, 0.25) is 0 Å². The van der Waals surface area contributed by atoms with E-state index in [1.807, 2.05) is 6.20 Å². The molecular formula is C17H26BrNO. The number of nitrogens with zero attached hydrogens (tertiary/aromatic N) is 1. The molecule has 1 fully saturated rings. The van der Waals surface area contributed by atoms with Crippen molar-refractivity contribution < 1.29 is 5.11 Å². The molecule has 1 N–H and O–H groups in total. The van der Waals surface area contributed by atoms with Gasteiger partial charge in [-0.2, -0.15) is 0 Å². The zero-order valence-corrected chi connectivity index (χ0v) is 14.4. The van der Waals surface area contributed by atoms with Crippen molar-refractivity contribution in [1.82, 2.24) is 4.98 Å². The Morgan fingerprint density at radius 3 is 2.70 bits per heavy atom. The number of halogens is 1. The van der Waals surface area contributed by atoms with Gasteiger partial charge in [0.25, 0.3) is 0 Å². The van der Waals surface area contributed by atoms with Gasteiger partial charge in [-0.25, -0.2) is 0 Å². The molecule has 1 aliphatic carbocycles. The third-order valence-corrected chi connectivity index (χ3v) is 5.11.